The number of carbonyl (C=O) groups excluding carboxylic acids is 1. The van der Waals surface area contributed by atoms with Gasteiger partial charge in [-0.05, 0) is 18.6 Å². The maximum Gasteiger partial charge on any atom is 0.471 e. The van der Waals surface area contributed by atoms with Crippen LogP contribution in [0, 0.1) is 12.7 Å². The summed E-state index contributed by atoms with van der Waals surface area (Å²) in [7, 11) is 0. The first-order chi connectivity index (χ1) is 8.14. The van der Waals surface area contributed by atoms with E-state index in [-0.39, 0.29) is 5.56 Å². The monoisotopic (exact) mass is 265 g/mol. The number of hydrogen-bond donors (Lipinski definition) is 2. The predicted molar refractivity (Wildman–Crippen MR) is 52.8 cm³/mol. The Morgan fingerprint density at radius 1 is 1.28 bits per heavy atom. The Morgan fingerprint density at radius 2 is 1.83 bits per heavy atom. The maximum absolute atomic E-state index is 13.2. The number of alkyl halides is 3. The van der Waals surface area contributed by atoms with Crippen LogP contribution in [0.4, 0.5) is 23.2 Å². The molecule has 98 valence electrons. The van der Waals surface area contributed by atoms with Gasteiger partial charge < -0.3 is 10.4 Å². The number of halogens is 4. The number of aromatic carboxylic acids is 1. The van der Waals surface area contributed by atoms with Crippen LogP contribution in [0.2, 0.25) is 0 Å². The standard InChI is InChI=1S/C10H7F4NO3/c1-4-2-3-5(11)6(8(16)17)7(4)15-9(18)10(12,13)14/h2-3H,1H3,(H,15,18)(H,16,17). The summed E-state index contributed by atoms with van der Waals surface area (Å²) in [5.74, 6) is -5.36. The molecule has 1 aromatic carbocycles. The topological polar surface area (TPSA) is 66.4 Å². The third-order valence-electron chi connectivity index (χ3n) is 2.07. The molecule has 4 nitrogen and oxygen atoms in total. The molecule has 0 bridgehead atoms. The summed E-state index contributed by atoms with van der Waals surface area (Å²) in [6.07, 6.45) is -5.19. The summed E-state index contributed by atoms with van der Waals surface area (Å²) >= 11 is 0. The highest BCUT2D eigenvalue weighted by molar-refractivity contribution is 6.03. The lowest BCUT2D eigenvalue weighted by Crippen LogP contribution is -2.31. The summed E-state index contributed by atoms with van der Waals surface area (Å²) in [6.45, 7) is 1.25. The SMILES string of the molecule is Cc1ccc(F)c(C(=O)O)c1NC(=O)C(F)(F)F. The van der Waals surface area contributed by atoms with E-state index in [0.717, 1.165) is 12.1 Å². The summed E-state index contributed by atoms with van der Waals surface area (Å²) in [5, 5.41) is 10.1. The first kappa shape index (κ1) is 13.9. The number of carboxylic acid groups (broad SMARTS) is 1. The fraction of sp³-hybridized carbons (Fsp3) is 0.200. The zero-order chi connectivity index (χ0) is 14.1. The molecular weight excluding hydrogens is 258 g/mol. The molecule has 18 heavy (non-hydrogen) atoms. The Labute approximate surface area is 98.2 Å². The highest BCUT2D eigenvalue weighted by atomic mass is 19.4. The second-order valence-corrected chi connectivity index (χ2v) is 3.37. The lowest BCUT2D eigenvalue weighted by Gasteiger charge is -2.13. The molecule has 0 aliphatic heterocycles. The largest absolute Gasteiger partial charge is 0.478 e. The van der Waals surface area contributed by atoms with Gasteiger partial charge in [-0.1, -0.05) is 6.07 Å². The summed E-state index contributed by atoms with van der Waals surface area (Å²) in [5.41, 5.74) is -1.70. The molecule has 1 rings (SSSR count). The molecule has 0 spiro atoms. The van der Waals surface area contributed by atoms with Gasteiger partial charge >= 0.3 is 18.1 Å². The van der Waals surface area contributed by atoms with Gasteiger partial charge in [-0.15, -0.1) is 0 Å². The Bertz CT molecular complexity index is 511. The fourth-order valence-corrected chi connectivity index (χ4v) is 1.24. The van der Waals surface area contributed by atoms with E-state index >= 15 is 0 Å². The number of carboxylic acids is 1. The van der Waals surface area contributed by atoms with Crippen LogP contribution in [0.3, 0.4) is 0 Å². The first-order valence-corrected chi connectivity index (χ1v) is 4.55. The molecule has 0 heterocycles. The minimum absolute atomic E-state index is 0.00593. The Balaban J connectivity index is 3.28. The number of amides is 1. The quantitative estimate of drug-likeness (QED) is 0.806. The number of benzene rings is 1. The van der Waals surface area contributed by atoms with E-state index in [1.165, 1.54) is 12.2 Å². The van der Waals surface area contributed by atoms with Gasteiger partial charge in [0.1, 0.15) is 11.4 Å². The van der Waals surface area contributed by atoms with Gasteiger partial charge in [-0.3, -0.25) is 4.79 Å². The Kier molecular flexibility index (Phi) is 3.59. The van der Waals surface area contributed by atoms with Crippen molar-refractivity contribution < 1.29 is 32.3 Å². The van der Waals surface area contributed by atoms with Gasteiger partial charge in [0.25, 0.3) is 0 Å². The summed E-state index contributed by atoms with van der Waals surface area (Å²) in [4.78, 5) is 21.5. The third-order valence-corrected chi connectivity index (χ3v) is 2.07. The van der Waals surface area contributed by atoms with Crippen LogP contribution >= 0.6 is 0 Å². The van der Waals surface area contributed by atoms with Gasteiger partial charge in [-0.25, -0.2) is 9.18 Å². The molecule has 0 fully saturated rings. The first-order valence-electron chi connectivity index (χ1n) is 4.55. The van der Waals surface area contributed by atoms with Crippen molar-refractivity contribution in [1.29, 1.82) is 0 Å². The molecule has 0 aliphatic rings. The zero-order valence-electron chi connectivity index (χ0n) is 8.93. The van der Waals surface area contributed by atoms with Gasteiger partial charge in [0, 0.05) is 0 Å². The molecule has 0 saturated carbocycles. The van der Waals surface area contributed by atoms with E-state index in [1.54, 1.807) is 0 Å². The molecule has 1 amide bonds. The van der Waals surface area contributed by atoms with Gasteiger partial charge in [0.2, 0.25) is 0 Å². The molecule has 0 aromatic heterocycles. The molecule has 8 heteroatoms. The zero-order valence-corrected chi connectivity index (χ0v) is 8.93. The van der Waals surface area contributed by atoms with Crippen molar-refractivity contribution in [2.75, 3.05) is 5.32 Å². The molecule has 0 radical (unpaired) electrons. The molecule has 0 atom stereocenters. The normalized spacial score (nSPS) is 11.2. The number of anilines is 1. The number of aryl methyl sites for hydroxylation is 1. The molecule has 0 unspecified atom stereocenters. The molecule has 0 saturated heterocycles. The molecule has 1 aromatic rings. The maximum atomic E-state index is 13.2. The number of rotatable bonds is 2. The van der Waals surface area contributed by atoms with Crippen LogP contribution in [-0.2, 0) is 4.79 Å². The Hall–Kier alpha value is -2.12. The lowest BCUT2D eigenvalue weighted by atomic mass is 10.1. The average molecular weight is 265 g/mol. The number of carbonyl (C=O) groups is 2. The van der Waals surface area contributed by atoms with Gasteiger partial charge in [-0.2, -0.15) is 13.2 Å². The van der Waals surface area contributed by atoms with Gasteiger partial charge in [0.15, 0.2) is 0 Å². The third kappa shape index (κ3) is 2.76. The number of nitrogens with one attached hydrogen (secondary N) is 1. The van der Waals surface area contributed by atoms with Crippen molar-refractivity contribution in [2.24, 2.45) is 0 Å². The predicted octanol–water partition coefficient (Wildman–Crippen LogP) is 2.33. The molecule has 2 N–H and O–H groups in total. The van der Waals surface area contributed by atoms with Crippen molar-refractivity contribution in [3.63, 3.8) is 0 Å². The van der Waals surface area contributed by atoms with Gasteiger partial charge in [0.05, 0.1) is 5.69 Å². The molecular formula is C10H7F4NO3. The van der Waals surface area contributed by atoms with Crippen LogP contribution in [0.5, 0.6) is 0 Å². The van der Waals surface area contributed by atoms with Crippen LogP contribution in [0.1, 0.15) is 15.9 Å². The summed E-state index contributed by atoms with van der Waals surface area (Å²) < 4.78 is 49.4. The van der Waals surface area contributed by atoms with Crippen molar-refractivity contribution in [1.82, 2.24) is 0 Å². The van der Waals surface area contributed by atoms with Crippen molar-refractivity contribution in [2.45, 2.75) is 13.1 Å². The highest BCUT2D eigenvalue weighted by Gasteiger charge is 2.39. The number of hydrogen-bond acceptors (Lipinski definition) is 2. The van der Waals surface area contributed by atoms with Crippen LogP contribution in [0.15, 0.2) is 12.1 Å². The molecule has 0 aliphatic carbocycles. The minimum atomic E-state index is -5.19. The van der Waals surface area contributed by atoms with Crippen LogP contribution in [0.25, 0.3) is 0 Å². The van der Waals surface area contributed by atoms with Crippen LogP contribution in [-0.4, -0.2) is 23.2 Å². The van der Waals surface area contributed by atoms with Crippen molar-refractivity contribution in [3.05, 3.63) is 29.1 Å². The van der Waals surface area contributed by atoms with E-state index in [2.05, 4.69) is 0 Å². The van der Waals surface area contributed by atoms with E-state index in [0.29, 0.717) is 0 Å². The van der Waals surface area contributed by atoms with Crippen LogP contribution < -0.4 is 5.32 Å². The summed E-state index contributed by atoms with van der Waals surface area (Å²) in [6, 6.07) is 1.86. The van der Waals surface area contributed by atoms with E-state index in [9.17, 15) is 27.2 Å². The smallest absolute Gasteiger partial charge is 0.471 e. The van der Waals surface area contributed by atoms with E-state index < -0.39 is 35.1 Å². The van der Waals surface area contributed by atoms with E-state index in [1.807, 2.05) is 0 Å². The highest BCUT2D eigenvalue weighted by Crippen LogP contribution is 2.26. The minimum Gasteiger partial charge on any atom is -0.478 e. The second-order valence-electron chi connectivity index (χ2n) is 3.37. The Morgan fingerprint density at radius 3 is 2.28 bits per heavy atom. The van der Waals surface area contributed by atoms with Crippen molar-refractivity contribution >= 4 is 17.6 Å². The fourth-order valence-electron chi connectivity index (χ4n) is 1.24. The second kappa shape index (κ2) is 4.63. The van der Waals surface area contributed by atoms with E-state index in [4.69, 9.17) is 5.11 Å². The lowest BCUT2D eigenvalue weighted by molar-refractivity contribution is -0.167. The average Bonchev–Trinajstić information content (AvgIpc) is 2.21. The van der Waals surface area contributed by atoms with Crippen molar-refractivity contribution in [3.8, 4) is 0 Å².